The fraction of sp³-hybridized carbons (Fsp3) is 0.429. The van der Waals surface area contributed by atoms with Crippen molar-refractivity contribution in [3.63, 3.8) is 0 Å². The third-order valence-corrected chi connectivity index (χ3v) is 1.36. The van der Waals surface area contributed by atoms with Crippen LogP contribution in [-0.2, 0) is 0 Å². The largest absolute Gasteiger partial charge is 0.176 e. The molecule has 1 rings (SSSR count). The fourth-order valence-electron chi connectivity index (χ4n) is 0.774. The van der Waals surface area contributed by atoms with Crippen molar-refractivity contribution in [1.29, 1.82) is 0 Å². The Morgan fingerprint density at radius 3 is 2.50 bits per heavy atom. The summed E-state index contributed by atoms with van der Waals surface area (Å²) in [7, 11) is 2.16. The second-order valence-electron chi connectivity index (χ2n) is 2.37. The molecule has 0 aromatic heterocycles. The normalized spacial score (nSPS) is 16.6. The van der Waals surface area contributed by atoms with Crippen LogP contribution in [0.2, 0.25) is 0 Å². The smallest absolute Gasteiger partial charge is 0.117 e. The predicted octanol–water partition coefficient (Wildman–Crippen LogP) is 1.76. The van der Waals surface area contributed by atoms with E-state index in [0.29, 0.717) is 5.92 Å². The van der Waals surface area contributed by atoms with E-state index in [1.54, 1.807) is 0 Å². The zero-order chi connectivity index (χ0) is 5.98. The van der Waals surface area contributed by atoms with Crippen LogP contribution in [0, 0.1) is 5.92 Å². The van der Waals surface area contributed by atoms with E-state index in [1.165, 1.54) is 5.47 Å². The molecule has 1 heteroatoms. The van der Waals surface area contributed by atoms with Crippen LogP contribution in [0.25, 0.3) is 0 Å². The molecule has 0 saturated heterocycles. The van der Waals surface area contributed by atoms with Crippen molar-refractivity contribution in [3.8, 4) is 0 Å². The summed E-state index contributed by atoms with van der Waals surface area (Å²) < 4.78 is 0. The highest BCUT2D eigenvalue weighted by Crippen LogP contribution is 2.11. The minimum atomic E-state index is 0.685. The van der Waals surface area contributed by atoms with Crippen molar-refractivity contribution < 1.29 is 0 Å². The Bertz CT molecular complexity index is 131. The van der Waals surface area contributed by atoms with Crippen molar-refractivity contribution >= 4 is 7.28 Å². The average Bonchev–Trinajstić information content (AvgIpc) is 2.12. The Balaban J connectivity index is 2.51. The van der Waals surface area contributed by atoms with Gasteiger partial charge in [0.15, 0.2) is 7.28 Å². The fourth-order valence-corrected chi connectivity index (χ4v) is 0.774. The second kappa shape index (κ2) is 2.21. The first-order valence-electron chi connectivity index (χ1n) is 3.02. The van der Waals surface area contributed by atoms with E-state index >= 15 is 0 Å². The number of hydrogen-bond acceptors (Lipinski definition) is 0. The number of hydrogen-bond donors (Lipinski definition) is 0. The van der Waals surface area contributed by atoms with Crippen LogP contribution in [0.1, 0.15) is 13.8 Å². The van der Waals surface area contributed by atoms with E-state index in [0.717, 1.165) is 0 Å². The van der Waals surface area contributed by atoms with Crippen LogP contribution in [-0.4, -0.2) is 7.28 Å². The van der Waals surface area contributed by atoms with E-state index in [4.69, 9.17) is 0 Å². The van der Waals surface area contributed by atoms with E-state index in [9.17, 15) is 0 Å². The Hall–Kier alpha value is -0.455. The van der Waals surface area contributed by atoms with Crippen molar-refractivity contribution in [1.82, 2.24) is 0 Å². The van der Waals surface area contributed by atoms with E-state index in [1.807, 2.05) is 0 Å². The molecule has 0 spiro atoms. The highest BCUT2D eigenvalue weighted by molar-refractivity contribution is 6.52. The Morgan fingerprint density at radius 1 is 1.50 bits per heavy atom. The van der Waals surface area contributed by atoms with Gasteiger partial charge in [-0.2, -0.15) is 0 Å². The summed E-state index contributed by atoms with van der Waals surface area (Å²) in [5, 5.41) is 0. The molecular formula is C7H10B. The van der Waals surface area contributed by atoms with Gasteiger partial charge in [0.25, 0.3) is 0 Å². The number of rotatable bonds is 1. The van der Waals surface area contributed by atoms with Crippen LogP contribution < -0.4 is 0 Å². The van der Waals surface area contributed by atoms with Gasteiger partial charge in [-0.15, -0.1) is 11.4 Å². The molecule has 0 unspecified atom stereocenters. The van der Waals surface area contributed by atoms with Crippen molar-refractivity contribution in [2.24, 2.45) is 5.92 Å². The van der Waals surface area contributed by atoms with Gasteiger partial charge in [-0.1, -0.05) is 26.0 Å². The molecule has 8 heavy (non-hydrogen) atoms. The van der Waals surface area contributed by atoms with Crippen molar-refractivity contribution in [2.45, 2.75) is 13.8 Å². The minimum absolute atomic E-state index is 0.685. The summed E-state index contributed by atoms with van der Waals surface area (Å²) in [6.07, 6.45) is 4.24. The molecule has 1 heterocycles. The van der Waals surface area contributed by atoms with Gasteiger partial charge in [0, 0.05) is 0 Å². The maximum Gasteiger partial charge on any atom is 0.176 e. The maximum atomic E-state index is 2.20. The highest BCUT2D eigenvalue weighted by atomic mass is 14.0. The molecule has 0 bridgehead atoms. The lowest BCUT2D eigenvalue weighted by Crippen LogP contribution is -1.96. The molecular weight excluding hydrogens is 94.9 g/mol. The molecule has 0 saturated carbocycles. The summed E-state index contributed by atoms with van der Waals surface area (Å²) in [6, 6.07) is 0. The standard InChI is InChI=1S/C7H10B/c1-6(2)7-4-3-5-8-7/h3-6H,1-2H3. The summed E-state index contributed by atoms with van der Waals surface area (Å²) in [5.41, 5.74) is 1.44. The SMILES string of the molecule is CC(C)C1=CC=C[B]1. The lowest BCUT2D eigenvalue weighted by molar-refractivity contribution is 0.812. The van der Waals surface area contributed by atoms with Gasteiger partial charge in [0.2, 0.25) is 0 Å². The first kappa shape index (κ1) is 5.68. The lowest BCUT2D eigenvalue weighted by Gasteiger charge is -2.02. The molecule has 0 aromatic rings. The topological polar surface area (TPSA) is 0 Å². The van der Waals surface area contributed by atoms with Crippen LogP contribution in [0.4, 0.5) is 0 Å². The molecule has 1 aliphatic rings. The Labute approximate surface area is 51.5 Å². The molecule has 0 aliphatic carbocycles. The second-order valence-corrected chi connectivity index (χ2v) is 2.37. The Morgan fingerprint density at radius 2 is 2.25 bits per heavy atom. The zero-order valence-electron chi connectivity index (χ0n) is 5.39. The van der Waals surface area contributed by atoms with Crippen LogP contribution >= 0.6 is 0 Å². The predicted molar refractivity (Wildman–Crippen MR) is 37.8 cm³/mol. The van der Waals surface area contributed by atoms with Gasteiger partial charge in [0.1, 0.15) is 0 Å². The molecule has 0 atom stereocenters. The first-order valence-corrected chi connectivity index (χ1v) is 3.02. The third kappa shape index (κ3) is 1.03. The van der Waals surface area contributed by atoms with Gasteiger partial charge >= 0.3 is 0 Å². The molecule has 41 valence electrons. The highest BCUT2D eigenvalue weighted by Gasteiger charge is 2.03. The lowest BCUT2D eigenvalue weighted by atomic mass is 9.68. The first-order chi connectivity index (χ1) is 3.80. The maximum absolute atomic E-state index is 2.20. The average molecular weight is 105 g/mol. The van der Waals surface area contributed by atoms with Gasteiger partial charge in [-0.3, -0.25) is 0 Å². The van der Waals surface area contributed by atoms with Crippen molar-refractivity contribution in [3.05, 3.63) is 23.6 Å². The molecule has 0 N–H and O–H groups in total. The monoisotopic (exact) mass is 105 g/mol. The minimum Gasteiger partial charge on any atom is -0.117 e. The van der Waals surface area contributed by atoms with Crippen LogP contribution in [0.15, 0.2) is 23.6 Å². The van der Waals surface area contributed by atoms with Gasteiger partial charge < -0.3 is 0 Å². The van der Waals surface area contributed by atoms with Crippen molar-refractivity contribution in [2.75, 3.05) is 0 Å². The molecule has 1 radical (unpaired) electrons. The van der Waals surface area contributed by atoms with E-state index in [2.05, 4.69) is 39.3 Å². The van der Waals surface area contributed by atoms with Gasteiger partial charge in [-0.25, -0.2) is 0 Å². The molecule has 0 fully saturated rings. The third-order valence-electron chi connectivity index (χ3n) is 1.36. The summed E-state index contributed by atoms with van der Waals surface area (Å²) in [4.78, 5) is 0. The van der Waals surface area contributed by atoms with Crippen LogP contribution in [0.3, 0.4) is 0 Å². The molecule has 0 nitrogen and oxygen atoms in total. The Kier molecular flexibility index (Phi) is 1.57. The van der Waals surface area contributed by atoms with Crippen LogP contribution in [0.5, 0.6) is 0 Å². The van der Waals surface area contributed by atoms with E-state index in [-0.39, 0.29) is 0 Å². The number of allylic oxidation sites excluding steroid dienone is 3. The van der Waals surface area contributed by atoms with Gasteiger partial charge in [-0.05, 0) is 5.92 Å². The summed E-state index contributed by atoms with van der Waals surface area (Å²) >= 11 is 0. The van der Waals surface area contributed by atoms with Gasteiger partial charge in [0.05, 0.1) is 0 Å². The summed E-state index contributed by atoms with van der Waals surface area (Å²) in [6.45, 7) is 4.41. The van der Waals surface area contributed by atoms with E-state index < -0.39 is 0 Å². The summed E-state index contributed by atoms with van der Waals surface area (Å²) in [5.74, 6) is 2.76. The quantitative estimate of drug-likeness (QED) is 0.445. The molecule has 0 aromatic carbocycles. The molecule has 1 aliphatic heterocycles. The zero-order valence-corrected chi connectivity index (χ0v) is 5.39. The molecule has 0 amide bonds.